The first kappa shape index (κ1) is 9.73. The van der Waals surface area contributed by atoms with Gasteiger partial charge in [-0.15, -0.1) is 0 Å². The second kappa shape index (κ2) is 3.40. The highest BCUT2D eigenvalue weighted by molar-refractivity contribution is 9.10. The average Bonchev–Trinajstić information content (AvgIpc) is 2.41. The van der Waals surface area contributed by atoms with E-state index in [-0.39, 0.29) is 4.87 Å². The van der Waals surface area contributed by atoms with Crippen LogP contribution in [0.3, 0.4) is 0 Å². The number of thiazole rings is 1. The van der Waals surface area contributed by atoms with Crippen LogP contribution in [0, 0.1) is 0 Å². The fourth-order valence-electron chi connectivity index (χ4n) is 1.29. The van der Waals surface area contributed by atoms with Gasteiger partial charge in [0.2, 0.25) is 0 Å². The Labute approximate surface area is 93.1 Å². The number of fused-ring (bicyclic) bond motifs is 1. The van der Waals surface area contributed by atoms with E-state index in [0.717, 1.165) is 20.4 Å². The molecule has 0 spiro atoms. The van der Waals surface area contributed by atoms with Crippen LogP contribution in [0.4, 0.5) is 0 Å². The molecule has 0 aliphatic rings. The fourth-order valence-corrected chi connectivity index (χ4v) is 2.84. The molecule has 0 radical (unpaired) electrons. The minimum Gasteiger partial charge on any atom is -0.495 e. The van der Waals surface area contributed by atoms with E-state index in [2.05, 4.69) is 15.9 Å². The molecule has 5 heteroatoms. The summed E-state index contributed by atoms with van der Waals surface area (Å²) in [6, 6.07) is 3.76. The van der Waals surface area contributed by atoms with Crippen molar-refractivity contribution in [1.82, 2.24) is 4.57 Å². The highest BCUT2D eigenvalue weighted by Gasteiger charge is 2.08. The summed E-state index contributed by atoms with van der Waals surface area (Å²) in [5, 5.41) is 0. The zero-order chi connectivity index (χ0) is 10.3. The molecule has 0 saturated heterocycles. The number of methoxy groups -OCH3 is 1. The Bertz CT molecular complexity index is 543. The van der Waals surface area contributed by atoms with Gasteiger partial charge in [0.05, 0.1) is 21.8 Å². The van der Waals surface area contributed by atoms with Gasteiger partial charge in [0.25, 0.3) is 0 Å². The molecular formula is C9H8BrNO2S. The number of rotatable bonds is 1. The monoisotopic (exact) mass is 273 g/mol. The topological polar surface area (TPSA) is 31.2 Å². The van der Waals surface area contributed by atoms with Gasteiger partial charge in [-0.1, -0.05) is 11.3 Å². The van der Waals surface area contributed by atoms with Crippen LogP contribution >= 0.6 is 27.3 Å². The van der Waals surface area contributed by atoms with Gasteiger partial charge in [0, 0.05) is 13.1 Å². The number of ether oxygens (including phenoxy) is 1. The van der Waals surface area contributed by atoms with Crippen LogP contribution in [0.1, 0.15) is 0 Å². The van der Waals surface area contributed by atoms with Crippen molar-refractivity contribution in [3.63, 3.8) is 0 Å². The fraction of sp³-hybridized carbons (Fsp3) is 0.222. The van der Waals surface area contributed by atoms with Crippen molar-refractivity contribution in [2.24, 2.45) is 7.05 Å². The number of halogens is 1. The lowest BCUT2D eigenvalue weighted by Crippen LogP contribution is -2.06. The van der Waals surface area contributed by atoms with Crippen molar-refractivity contribution < 1.29 is 4.74 Å². The number of aryl methyl sites for hydroxylation is 1. The van der Waals surface area contributed by atoms with Crippen molar-refractivity contribution in [3.8, 4) is 5.75 Å². The first-order chi connectivity index (χ1) is 6.63. The molecule has 0 aliphatic carbocycles. The second-order valence-corrected chi connectivity index (χ2v) is 4.73. The Morgan fingerprint density at radius 1 is 1.50 bits per heavy atom. The van der Waals surface area contributed by atoms with Gasteiger partial charge < -0.3 is 9.30 Å². The molecule has 0 aliphatic heterocycles. The van der Waals surface area contributed by atoms with Gasteiger partial charge in [0.15, 0.2) is 0 Å². The quantitative estimate of drug-likeness (QED) is 0.799. The van der Waals surface area contributed by atoms with Gasteiger partial charge in [-0.3, -0.25) is 4.79 Å². The Morgan fingerprint density at radius 2 is 2.21 bits per heavy atom. The van der Waals surface area contributed by atoms with Crippen LogP contribution in [0.2, 0.25) is 0 Å². The van der Waals surface area contributed by atoms with E-state index < -0.39 is 0 Å². The summed E-state index contributed by atoms with van der Waals surface area (Å²) < 4.78 is 8.61. The third-order valence-corrected chi connectivity index (χ3v) is 3.68. The zero-order valence-electron chi connectivity index (χ0n) is 7.70. The van der Waals surface area contributed by atoms with Gasteiger partial charge in [-0.05, 0) is 22.0 Å². The van der Waals surface area contributed by atoms with Crippen molar-refractivity contribution in [2.75, 3.05) is 7.11 Å². The van der Waals surface area contributed by atoms with Crippen LogP contribution in [-0.4, -0.2) is 11.7 Å². The predicted octanol–water partition coefficient (Wildman–Crippen LogP) is 2.37. The van der Waals surface area contributed by atoms with E-state index in [0.29, 0.717) is 0 Å². The van der Waals surface area contributed by atoms with Gasteiger partial charge >= 0.3 is 4.87 Å². The van der Waals surface area contributed by atoms with Gasteiger partial charge in [0.1, 0.15) is 5.75 Å². The number of hydrogen-bond donors (Lipinski definition) is 0. The molecule has 1 heterocycles. The summed E-state index contributed by atoms with van der Waals surface area (Å²) in [5.74, 6) is 0.742. The maximum absolute atomic E-state index is 11.4. The largest absolute Gasteiger partial charge is 0.495 e. The molecule has 0 fully saturated rings. The second-order valence-electron chi connectivity index (χ2n) is 2.88. The molecule has 1 aromatic heterocycles. The highest BCUT2D eigenvalue weighted by Crippen LogP contribution is 2.30. The molecule has 0 amide bonds. The van der Waals surface area contributed by atoms with E-state index in [1.165, 1.54) is 11.3 Å². The number of hydrogen-bond acceptors (Lipinski definition) is 3. The summed E-state index contributed by atoms with van der Waals surface area (Å²) >= 11 is 4.62. The third kappa shape index (κ3) is 1.36. The van der Waals surface area contributed by atoms with Crippen molar-refractivity contribution >= 4 is 37.5 Å². The Morgan fingerprint density at radius 3 is 2.86 bits per heavy atom. The SMILES string of the molecule is COc1cc2c(cc1Br)sc(=O)n2C. The third-order valence-electron chi connectivity index (χ3n) is 2.07. The van der Waals surface area contributed by atoms with Crippen LogP contribution in [0.25, 0.3) is 10.2 Å². The van der Waals surface area contributed by atoms with Crippen molar-refractivity contribution in [2.45, 2.75) is 0 Å². The molecule has 3 nitrogen and oxygen atoms in total. The normalized spacial score (nSPS) is 10.8. The van der Waals surface area contributed by atoms with E-state index in [1.807, 2.05) is 12.1 Å². The van der Waals surface area contributed by atoms with Gasteiger partial charge in [-0.2, -0.15) is 0 Å². The molecular weight excluding hydrogens is 266 g/mol. The highest BCUT2D eigenvalue weighted by atomic mass is 79.9. The van der Waals surface area contributed by atoms with E-state index in [4.69, 9.17) is 4.74 Å². The Hall–Kier alpha value is -0.810. The molecule has 0 unspecified atom stereocenters. The number of aromatic nitrogens is 1. The molecule has 0 bridgehead atoms. The smallest absolute Gasteiger partial charge is 0.307 e. The molecule has 0 N–H and O–H groups in total. The molecule has 0 atom stereocenters. The summed E-state index contributed by atoms with van der Waals surface area (Å²) in [5.41, 5.74) is 0.903. The van der Waals surface area contributed by atoms with E-state index in [1.54, 1.807) is 18.7 Å². The molecule has 14 heavy (non-hydrogen) atoms. The minimum absolute atomic E-state index is 0.0418. The summed E-state index contributed by atoms with van der Waals surface area (Å²) in [6.45, 7) is 0. The van der Waals surface area contributed by atoms with E-state index >= 15 is 0 Å². The lowest BCUT2D eigenvalue weighted by atomic mass is 10.3. The minimum atomic E-state index is 0.0418. The molecule has 0 saturated carbocycles. The van der Waals surface area contributed by atoms with Gasteiger partial charge in [-0.25, -0.2) is 0 Å². The lowest BCUT2D eigenvalue weighted by molar-refractivity contribution is 0.412. The Balaban J connectivity index is 2.87. The number of nitrogens with zero attached hydrogens (tertiary/aromatic N) is 1. The lowest BCUT2D eigenvalue weighted by Gasteiger charge is -2.03. The Kier molecular flexibility index (Phi) is 2.36. The standard InChI is InChI=1S/C9H8BrNO2S/c1-11-6-4-7(13-2)5(10)3-8(6)14-9(11)12/h3-4H,1-2H3. The molecule has 2 aromatic rings. The van der Waals surface area contributed by atoms with E-state index in [9.17, 15) is 4.79 Å². The van der Waals surface area contributed by atoms with Crippen LogP contribution in [-0.2, 0) is 7.05 Å². The van der Waals surface area contributed by atoms with Crippen LogP contribution in [0.5, 0.6) is 5.75 Å². The zero-order valence-corrected chi connectivity index (χ0v) is 10.1. The van der Waals surface area contributed by atoms with Crippen LogP contribution < -0.4 is 9.61 Å². The van der Waals surface area contributed by atoms with Crippen LogP contribution in [0.15, 0.2) is 21.4 Å². The summed E-state index contributed by atoms with van der Waals surface area (Å²) in [4.78, 5) is 11.4. The summed E-state index contributed by atoms with van der Waals surface area (Å²) in [6.07, 6.45) is 0. The molecule has 2 rings (SSSR count). The first-order valence-electron chi connectivity index (χ1n) is 3.96. The first-order valence-corrected chi connectivity index (χ1v) is 5.57. The maximum Gasteiger partial charge on any atom is 0.307 e. The maximum atomic E-state index is 11.4. The predicted molar refractivity (Wildman–Crippen MR) is 61.3 cm³/mol. The van der Waals surface area contributed by atoms with Crippen molar-refractivity contribution in [3.05, 3.63) is 26.3 Å². The molecule has 74 valence electrons. The summed E-state index contributed by atoms with van der Waals surface area (Å²) in [7, 11) is 3.37. The van der Waals surface area contributed by atoms with Crippen molar-refractivity contribution in [1.29, 1.82) is 0 Å². The average molecular weight is 274 g/mol. The number of benzene rings is 1. The molecule has 1 aromatic carbocycles.